The first-order chi connectivity index (χ1) is 23.8. The van der Waals surface area contributed by atoms with E-state index in [1.807, 2.05) is 6.92 Å². The van der Waals surface area contributed by atoms with Crippen LogP contribution in [-0.2, 0) is 19.5 Å². The maximum absolute atomic E-state index is 15.8. The van der Waals surface area contributed by atoms with Crippen molar-refractivity contribution in [2.45, 2.75) is 26.4 Å². The molecule has 0 fully saturated rings. The number of hydrogen-bond acceptors (Lipinski definition) is 7. The van der Waals surface area contributed by atoms with Crippen molar-refractivity contribution in [3.63, 3.8) is 0 Å². The number of rotatable bonds is 10. The average molecular weight is 685 g/mol. The van der Waals surface area contributed by atoms with Gasteiger partial charge >= 0.3 is 0 Å². The maximum Gasteiger partial charge on any atom is 0.249 e. The van der Waals surface area contributed by atoms with Crippen LogP contribution in [0.15, 0.2) is 61.7 Å². The van der Waals surface area contributed by atoms with Crippen molar-refractivity contribution < 1.29 is 27.1 Å². The Morgan fingerprint density at radius 1 is 0.760 bits per heavy atom. The van der Waals surface area contributed by atoms with Crippen LogP contribution in [0.2, 0.25) is 0 Å². The summed E-state index contributed by atoms with van der Waals surface area (Å²) in [7, 11) is 1.42. The number of imidazole rings is 2. The monoisotopic (exact) mass is 684 g/mol. The second-order valence-corrected chi connectivity index (χ2v) is 11.6. The number of nitrogen functional groups attached to an aromatic ring is 1. The first kappa shape index (κ1) is 33.6. The number of methoxy groups -OCH3 is 1. The number of carbonyl (C=O) groups is 1. The van der Waals surface area contributed by atoms with Gasteiger partial charge in [0.1, 0.15) is 40.4 Å². The van der Waals surface area contributed by atoms with Crippen molar-refractivity contribution in [3.05, 3.63) is 107 Å². The van der Waals surface area contributed by atoms with Crippen LogP contribution in [0.5, 0.6) is 5.75 Å². The van der Waals surface area contributed by atoms with E-state index >= 15 is 8.78 Å². The van der Waals surface area contributed by atoms with Crippen LogP contribution in [0.3, 0.4) is 0 Å². The molecule has 4 aromatic carbocycles. The lowest BCUT2D eigenvalue weighted by Crippen LogP contribution is -2.14. The fourth-order valence-corrected chi connectivity index (χ4v) is 6.38. The predicted octanol–water partition coefficient (Wildman–Crippen LogP) is 6.09. The number of aryl methyl sites for hydroxylation is 3. The SMILES string of the molecule is C=C(N)c1cc(F)cc(F)c1-c1nc2c(OC)c(C(=C)N)ccc2n1CCn1c(-c2c(N)cc(F)cc2F)nc2c(CC)c(C(N)=O)ccc21. The van der Waals surface area contributed by atoms with Crippen LogP contribution in [0.1, 0.15) is 34.0 Å². The zero-order chi connectivity index (χ0) is 36.2. The molecule has 0 spiro atoms. The molecule has 256 valence electrons. The largest absolute Gasteiger partial charge is 0.494 e. The minimum absolute atomic E-state index is 0.0193. The van der Waals surface area contributed by atoms with Gasteiger partial charge in [-0.25, -0.2) is 27.5 Å². The maximum atomic E-state index is 15.8. The highest BCUT2D eigenvalue weighted by Crippen LogP contribution is 2.39. The Kier molecular flexibility index (Phi) is 8.47. The summed E-state index contributed by atoms with van der Waals surface area (Å²) < 4.78 is 68.9. The van der Waals surface area contributed by atoms with Gasteiger partial charge in [0.25, 0.3) is 0 Å². The molecule has 0 saturated heterocycles. The molecule has 0 bridgehead atoms. The normalized spacial score (nSPS) is 11.4. The summed E-state index contributed by atoms with van der Waals surface area (Å²) in [6.07, 6.45) is 0.355. The van der Waals surface area contributed by atoms with Gasteiger partial charge in [-0.15, -0.1) is 0 Å². The summed E-state index contributed by atoms with van der Waals surface area (Å²) in [5.74, 6) is -3.99. The van der Waals surface area contributed by atoms with E-state index < -0.39 is 29.2 Å². The van der Waals surface area contributed by atoms with E-state index in [4.69, 9.17) is 37.6 Å². The summed E-state index contributed by atoms with van der Waals surface area (Å²) >= 11 is 0. The number of halogens is 4. The number of ether oxygens (including phenoxy) is 1. The first-order valence-corrected chi connectivity index (χ1v) is 15.3. The van der Waals surface area contributed by atoms with Crippen molar-refractivity contribution >= 4 is 45.1 Å². The van der Waals surface area contributed by atoms with Crippen LogP contribution >= 0.6 is 0 Å². The number of anilines is 1. The van der Waals surface area contributed by atoms with Crippen molar-refractivity contribution in [1.29, 1.82) is 0 Å². The Bertz CT molecular complexity index is 2390. The Hall–Kier alpha value is -6.31. The van der Waals surface area contributed by atoms with Gasteiger partial charge in [-0.2, -0.15) is 0 Å². The lowest BCUT2D eigenvalue weighted by Gasteiger charge is -2.16. The molecular formula is C36H32F4N8O2. The minimum Gasteiger partial charge on any atom is -0.494 e. The third kappa shape index (κ3) is 5.44. The molecule has 8 N–H and O–H groups in total. The molecule has 0 aliphatic rings. The van der Waals surface area contributed by atoms with E-state index in [2.05, 4.69) is 13.2 Å². The summed E-state index contributed by atoms with van der Waals surface area (Å²) in [5, 5.41) is 0. The van der Waals surface area contributed by atoms with Gasteiger partial charge in [-0.3, -0.25) is 4.79 Å². The lowest BCUT2D eigenvalue weighted by molar-refractivity contribution is 0.0999. The van der Waals surface area contributed by atoms with Crippen LogP contribution in [-0.4, -0.2) is 32.1 Å². The van der Waals surface area contributed by atoms with Crippen molar-refractivity contribution in [2.75, 3.05) is 12.8 Å². The number of carbonyl (C=O) groups excluding carboxylic acids is 1. The molecule has 2 heterocycles. The molecule has 6 aromatic rings. The third-order valence-corrected chi connectivity index (χ3v) is 8.55. The highest BCUT2D eigenvalue weighted by atomic mass is 19.1. The van der Waals surface area contributed by atoms with Gasteiger partial charge in [0.05, 0.1) is 34.8 Å². The number of amides is 1. The van der Waals surface area contributed by atoms with Gasteiger partial charge in [-0.1, -0.05) is 20.1 Å². The Balaban J connectivity index is 1.64. The number of nitrogens with two attached hydrogens (primary N) is 4. The van der Waals surface area contributed by atoms with E-state index in [9.17, 15) is 13.6 Å². The van der Waals surface area contributed by atoms with E-state index in [0.717, 1.165) is 12.1 Å². The summed E-state index contributed by atoms with van der Waals surface area (Å²) in [4.78, 5) is 21.8. The molecule has 0 radical (unpaired) electrons. The molecule has 2 aromatic heterocycles. The zero-order valence-electron chi connectivity index (χ0n) is 27.1. The summed E-state index contributed by atoms with van der Waals surface area (Å²) in [5.41, 5.74) is 26.2. The molecular weight excluding hydrogens is 652 g/mol. The lowest BCUT2D eigenvalue weighted by atomic mass is 10.0. The van der Waals surface area contributed by atoms with E-state index in [1.54, 1.807) is 33.4 Å². The Morgan fingerprint density at radius 2 is 1.28 bits per heavy atom. The number of primary amides is 1. The van der Waals surface area contributed by atoms with Gasteiger partial charge in [-0.05, 0) is 48.4 Å². The Labute approximate surface area is 283 Å². The number of nitrogens with zero attached hydrogens (tertiary/aromatic N) is 4. The quantitative estimate of drug-likeness (QED) is 0.100. The molecule has 0 unspecified atom stereocenters. The van der Waals surface area contributed by atoms with E-state index in [0.29, 0.717) is 46.2 Å². The van der Waals surface area contributed by atoms with Crippen LogP contribution in [0.4, 0.5) is 23.2 Å². The van der Waals surface area contributed by atoms with Crippen LogP contribution < -0.4 is 27.7 Å². The predicted molar refractivity (Wildman–Crippen MR) is 185 cm³/mol. The third-order valence-electron chi connectivity index (χ3n) is 8.55. The topological polar surface area (TPSA) is 166 Å². The number of fused-ring (bicyclic) bond motifs is 2. The fourth-order valence-electron chi connectivity index (χ4n) is 6.38. The highest BCUT2D eigenvalue weighted by molar-refractivity contribution is 6.00. The standard InChI is InChI=1S/C36H32F4N8O2/c1-5-20-22(34(44)49)7-9-27-31(20)45-36(30-25(40)14-19(38)15-26(30)43)47(27)10-11-48-28-8-6-21(16(2)41)33(50-4)32(28)46-35(48)29-23(17(3)42)12-18(37)13-24(29)39/h6-9,12-15H,2-3,5,10-11,41-43H2,1,4H3,(H2,44,49). The molecule has 1 amide bonds. The molecule has 10 nitrogen and oxygen atoms in total. The summed E-state index contributed by atoms with van der Waals surface area (Å²) in [6.45, 7) is 9.37. The van der Waals surface area contributed by atoms with Crippen molar-refractivity contribution in [3.8, 4) is 28.5 Å². The molecule has 6 rings (SSSR count). The average Bonchev–Trinajstić information content (AvgIpc) is 3.59. The highest BCUT2D eigenvalue weighted by Gasteiger charge is 2.27. The van der Waals surface area contributed by atoms with Crippen molar-refractivity contribution in [2.24, 2.45) is 17.2 Å². The molecule has 0 aliphatic heterocycles. The first-order valence-electron chi connectivity index (χ1n) is 15.3. The number of hydrogen-bond donors (Lipinski definition) is 4. The van der Waals surface area contributed by atoms with Gasteiger partial charge in [0, 0.05) is 59.0 Å². The molecule has 50 heavy (non-hydrogen) atoms. The molecule has 0 saturated carbocycles. The van der Waals surface area contributed by atoms with Gasteiger partial charge in [0.2, 0.25) is 5.91 Å². The van der Waals surface area contributed by atoms with E-state index in [-0.39, 0.29) is 75.3 Å². The minimum atomic E-state index is -0.959. The fraction of sp³-hybridized carbons (Fsp3) is 0.139. The molecule has 0 atom stereocenters. The van der Waals surface area contributed by atoms with Gasteiger partial charge in [0.15, 0.2) is 5.75 Å². The van der Waals surface area contributed by atoms with E-state index in [1.165, 1.54) is 7.11 Å². The number of aromatic nitrogens is 4. The van der Waals surface area contributed by atoms with Gasteiger partial charge < -0.3 is 36.8 Å². The zero-order valence-corrected chi connectivity index (χ0v) is 27.1. The second-order valence-electron chi connectivity index (χ2n) is 11.6. The van der Waals surface area contributed by atoms with Crippen LogP contribution in [0.25, 0.3) is 56.2 Å². The summed E-state index contributed by atoms with van der Waals surface area (Å²) in [6, 6.07) is 9.96. The molecule has 0 aliphatic carbocycles. The smallest absolute Gasteiger partial charge is 0.249 e. The number of benzene rings is 4. The molecule has 14 heteroatoms. The Morgan fingerprint density at radius 3 is 1.82 bits per heavy atom. The van der Waals surface area contributed by atoms with Crippen molar-refractivity contribution in [1.82, 2.24) is 19.1 Å². The second kappa shape index (κ2) is 12.6. The van der Waals surface area contributed by atoms with Crippen LogP contribution in [0, 0.1) is 23.3 Å².